The van der Waals surface area contributed by atoms with E-state index in [4.69, 9.17) is 10.4 Å². The predicted molar refractivity (Wildman–Crippen MR) is 75.7 cm³/mol. The van der Waals surface area contributed by atoms with Crippen LogP contribution >= 0.6 is 0 Å². The standard InChI is InChI=1S/C13H12N4O5/c1-8(13(19)20)16-12(18)9(6-14)7-15-10-4-2-3-5-11(10)17(21)22/h2-5,7-8,15H,1H3,(H,16,18)(H,19,20)/b9-7-. The minimum atomic E-state index is -1.25. The van der Waals surface area contributed by atoms with Gasteiger partial charge in [0.1, 0.15) is 23.4 Å². The van der Waals surface area contributed by atoms with Gasteiger partial charge in [-0.25, -0.2) is 0 Å². The summed E-state index contributed by atoms with van der Waals surface area (Å²) in [5, 5.41) is 33.0. The summed E-state index contributed by atoms with van der Waals surface area (Å²) in [6, 6.07) is 6.10. The second-order valence-corrected chi connectivity index (χ2v) is 4.12. The highest BCUT2D eigenvalue weighted by atomic mass is 16.6. The van der Waals surface area contributed by atoms with Gasteiger partial charge in [0, 0.05) is 12.3 Å². The molecule has 0 heterocycles. The molecule has 1 atom stereocenters. The van der Waals surface area contributed by atoms with Crippen LogP contribution in [0.4, 0.5) is 11.4 Å². The number of carboxylic acids is 1. The van der Waals surface area contributed by atoms with Gasteiger partial charge in [0.05, 0.1) is 4.92 Å². The van der Waals surface area contributed by atoms with Crippen molar-refractivity contribution in [2.75, 3.05) is 5.32 Å². The molecule has 0 radical (unpaired) electrons. The third-order valence-corrected chi connectivity index (χ3v) is 2.56. The van der Waals surface area contributed by atoms with Crippen LogP contribution < -0.4 is 10.6 Å². The van der Waals surface area contributed by atoms with Crippen LogP contribution in [-0.4, -0.2) is 27.9 Å². The van der Waals surface area contributed by atoms with Crippen LogP contribution in [0.3, 0.4) is 0 Å². The number of hydrogen-bond acceptors (Lipinski definition) is 6. The molecule has 1 aromatic carbocycles. The fourth-order valence-electron chi connectivity index (χ4n) is 1.39. The van der Waals surface area contributed by atoms with Crippen molar-refractivity contribution in [3.63, 3.8) is 0 Å². The first-order valence-electron chi connectivity index (χ1n) is 6.00. The molecule has 1 amide bonds. The molecule has 0 aliphatic rings. The summed E-state index contributed by atoms with van der Waals surface area (Å²) in [7, 11) is 0. The number of rotatable bonds is 6. The molecule has 0 fully saturated rings. The van der Waals surface area contributed by atoms with Crippen molar-refractivity contribution in [3.05, 3.63) is 46.2 Å². The van der Waals surface area contributed by atoms with Crippen LogP contribution in [-0.2, 0) is 9.59 Å². The normalized spacial score (nSPS) is 11.9. The van der Waals surface area contributed by atoms with Crippen molar-refractivity contribution in [1.82, 2.24) is 5.32 Å². The minimum Gasteiger partial charge on any atom is -0.480 e. The number of anilines is 1. The molecule has 0 spiro atoms. The molecule has 1 rings (SSSR count). The van der Waals surface area contributed by atoms with E-state index in [2.05, 4.69) is 10.6 Å². The number of aliphatic carboxylic acids is 1. The lowest BCUT2D eigenvalue weighted by Crippen LogP contribution is -2.39. The van der Waals surface area contributed by atoms with Crippen molar-refractivity contribution in [2.45, 2.75) is 13.0 Å². The van der Waals surface area contributed by atoms with Crippen LogP contribution in [0.25, 0.3) is 0 Å². The highest BCUT2D eigenvalue weighted by Crippen LogP contribution is 2.23. The fourth-order valence-corrected chi connectivity index (χ4v) is 1.39. The van der Waals surface area contributed by atoms with Gasteiger partial charge in [-0.2, -0.15) is 5.26 Å². The molecular formula is C13H12N4O5. The summed E-state index contributed by atoms with van der Waals surface area (Å²) in [6.45, 7) is 1.24. The molecule has 3 N–H and O–H groups in total. The summed E-state index contributed by atoms with van der Waals surface area (Å²) in [5.41, 5.74) is -0.541. The van der Waals surface area contributed by atoms with E-state index in [9.17, 15) is 19.7 Å². The van der Waals surface area contributed by atoms with E-state index in [0.717, 1.165) is 6.20 Å². The Balaban J connectivity index is 2.91. The Kier molecular flexibility index (Phi) is 5.59. The SMILES string of the molecule is CC(NC(=O)/C(C#N)=C\Nc1ccccc1[N+](=O)[O-])C(=O)O. The maximum absolute atomic E-state index is 11.7. The maximum atomic E-state index is 11.7. The number of nitrogens with one attached hydrogen (secondary N) is 2. The van der Waals surface area contributed by atoms with E-state index >= 15 is 0 Å². The van der Waals surface area contributed by atoms with Gasteiger partial charge in [-0.3, -0.25) is 19.7 Å². The van der Waals surface area contributed by atoms with E-state index in [1.54, 1.807) is 12.1 Å². The van der Waals surface area contributed by atoms with Crippen LogP contribution in [0.15, 0.2) is 36.0 Å². The Morgan fingerprint density at radius 1 is 1.45 bits per heavy atom. The minimum absolute atomic E-state index is 0.0966. The zero-order chi connectivity index (χ0) is 16.7. The molecule has 1 unspecified atom stereocenters. The average Bonchev–Trinajstić information content (AvgIpc) is 2.47. The van der Waals surface area contributed by atoms with Gasteiger partial charge in [-0.15, -0.1) is 0 Å². The van der Waals surface area contributed by atoms with Crippen LogP contribution in [0.2, 0.25) is 0 Å². The fraction of sp³-hybridized carbons (Fsp3) is 0.154. The summed E-state index contributed by atoms with van der Waals surface area (Å²) in [5.74, 6) is -2.15. The molecule has 114 valence electrons. The number of nitro benzene ring substituents is 1. The smallest absolute Gasteiger partial charge is 0.325 e. The highest BCUT2D eigenvalue weighted by molar-refractivity contribution is 5.99. The summed E-state index contributed by atoms with van der Waals surface area (Å²) >= 11 is 0. The van der Waals surface area contributed by atoms with Crippen LogP contribution in [0.5, 0.6) is 0 Å². The molecule has 0 aliphatic heterocycles. The van der Waals surface area contributed by atoms with Crippen LogP contribution in [0.1, 0.15) is 6.92 Å². The van der Waals surface area contributed by atoms with Crippen molar-refractivity contribution in [3.8, 4) is 6.07 Å². The first kappa shape index (κ1) is 16.6. The number of hydrogen-bond donors (Lipinski definition) is 3. The van der Waals surface area contributed by atoms with Crippen molar-refractivity contribution in [2.24, 2.45) is 0 Å². The monoisotopic (exact) mass is 304 g/mol. The van der Waals surface area contributed by atoms with Gasteiger partial charge < -0.3 is 15.7 Å². The number of carbonyl (C=O) groups excluding carboxylic acids is 1. The molecule has 9 nitrogen and oxygen atoms in total. The number of nitrogens with zero attached hydrogens (tertiary/aromatic N) is 2. The molecule has 0 saturated carbocycles. The van der Waals surface area contributed by atoms with E-state index in [1.807, 2.05) is 0 Å². The summed E-state index contributed by atoms with van der Waals surface area (Å²) in [6.07, 6.45) is 0.978. The zero-order valence-electron chi connectivity index (χ0n) is 11.4. The van der Waals surface area contributed by atoms with E-state index in [0.29, 0.717) is 0 Å². The molecule has 0 bridgehead atoms. The Bertz CT molecular complexity index is 677. The quantitative estimate of drug-likeness (QED) is 0.307. The third kappa shape index (κ3) is 4.31. The Hall–Kier alpha value is -3.41. The number of nitro groups is 1. The van der Waals surface area contributed by atoms with Crippen LogP contribution in [0, 0.1) is 21.4 Å². The molecule has 22 heavy (non-hydrogen) atoms. The number of carbonyl (C=O) groups is 2. The summed E-state index contributed by atoms with van der Waals surface area (Å²) in [4.78, 5) is 32.5. The van der Waals surface area contributed by atoms with Gasteiger partial charge in [-0.05, 0) is 13.0 Å². The largest absolute Gasteiger partial charge is 0.480 e. The summed E-state index contributed by atoms with van der Waals surface area (Å²) < 4.78 is 0. The Labute approximate surface area is 125 Å². The predicted octanol–water partition coefficient (Wildman–Crippen LogP) is 1.00. The Morgan fingerprint density at radius 3 is 2.64 bits per heavy atom. The highest BCUT2D eigenvalue weighted by Gasteiger charge is 2.17. The first-order valence-corrected chi connectivity index (χ1v) is 6.00. The Morgan fingerprint density at radius 2 is 2.09 bits per heavy atom. The van der Waals surface area contributed by atoms with Gasteiger partial charge in [0.25, 0.3) is 11.6 Å². The van der Waals surface area contributed by atoms with E-state index < -0.39 is 28.4 Å². The van der Waals surface area contributed by atoms with Gasteiger partial charge in [0.2, 0.25) is 0 Å². The van der Waals surface area contributed by atoms with Crippen molar-refractivity contribution < 1.29 is 19.6 Å². The van der Waals surface area contributed by atoms with Gasteiger partial charge >= 0.3 is 5.97 Å². The third-order valence-electron chi connectivity index (χ3n) is 2.56. The molecule has 0 aliphatic carbocycles. The van der Waals surface area contributed by atoms with Crippen molar-refractivity contribution in [1.29, 1.82) is 5.26 Å². The maximum Gasteiger partial charge on any atom is 0.325 e. The van der Waals surface area contributed by atoms with Gasteiger partial charge in [0.15, 0.2) is 0 Å². The lowest BCUT2D eigenvalue weighted by atomic mass is 10.2. The lowest BCUT2D eigenvalue weighted by molar-refractivity contribution is -0.383. The van der Waals surface area contributed by atoms with E-state index in [-0.39, 0.29) is 11.4 Å². The molecule has 1 aromatic rings. The number of benzene rings is 1. The van der Waals surface area contributed by atoms with Crippen molar-refractivity contribution >= 4 is 23.3 Å². The second kappa shape index (κ2) is 7.39. The second-order valence-electron chi connectivity index (χ2n) is 4.12. The lowest BCUT2D eigenvalue weighted by Gasteiger charge is -2.08. The van der Waals surface area contributed by atoms with Gasteiger partial charge in [-0.1, -0.05) is 12.1 Å². The molecule has 0 aromatic heterocycles. The molecule has 9 heteroatoms. The number of nitriles is 1. The number of amides is 1. The molecular weight excluding hydrogens is 292 g/mol. The van der Waals surface area contributed by atoms with E-state index in [1.165, 1.54) is 25.1 Å². The zero-order valence-corrected chi connectivity index (χ0v) is 11.4. The number of carboxylic acid groups (broad SMARTS) is 1. The first-order chi connectivity index (χ1) is 10.4. The number of para-hydroxylation sites is 2. The molecule has 0 saturated heterocycles. The average molecular weight is 304 g/mol. The topological polar surface area (TPSA) is 145 Å².